The van der Waals surface area contributed by atoms with E-state index in [0.29, 0.717) is 12.2 Å². The number of hydrogen-bond donors (Lipinski definition) is 0. The van der Waals surface area contributed by atoms with Gasteiger partial charge in [0.05, 0.1) is 23.9 Å². The van der Waals surface area contributed by atoms with Crippen LogP contribution in [0.15, 0.2) is 56.1 Å². The Balaban J connectivity index is 2.15. The molecule has 2 heterocycles. The Morgan fingerprint density at radius 3 is 2.91 bits per heavy atom. The molecule has 120 valence electrons. The van der Waals surface area contributed by atoms with Crippen molar-refractivity contribution >= 4 is 38.8 Å². The number of carbonyl (C=O) groups excluding carboxylic acids is 1. The number of ether oxygens (including phenoxy) is 1. The Bertz CT molecular complexity index is 755. The van der Waals surface area contributed by atoms with E-state index in [9.17, 15) is 4.79 Å². The fourth-order valence-electron chi connectivity index (χ4n) is 2.79. The molecule has 1 aromatic carbocycles. The van der Waals surface area contributed by atoms with E-state index in [0.717, 1.165) is 26.6 Å². The number of thioether (sulfide) groups is 1. The Hall–Kier alpha value is -1.53. The Labute approximate surface area is 148 Å². The number of esters is 1. The molecule has 6 heteroatoms. The van der Waals surface area contributed by atoms with Gasteiger partial charge in [0.1, 0.15) is 0 Å². The lowest BCUT2D eigenvalue weighted by Crippen LogP contribution is -2.36. The number of halogens is 1. The predicted molar refractivity (Wildman–Crippen MR) is 96.8 cm³/mol. The van der Waals surface area contributed by atoms with E-state index in [1.807, 2.05) is 45.0 Å². The predicted octanol–water partition coefficient (Wildman–Crippen LogP) is 4.61. The van der Waals surface area contributed by atoms with Gasteiger partial charge in [0.15, 0.2) is 5.17 Å². The molecule has 2 aliphatic heterocycles. The monoisotopic (exact) mass is 392 g/mol. The van der Waals surface area contributed by atoms with Crippen molar-refractivity contribution in [2.75, 3.05) is 6.61 Å². The molecule has 23 heavy (non-hydrogen) atoms. The van der Waals surface area contributed by atoms with Crippen molar-refractivity contribution in [2.24, 2.45) is 4.99 Å². The maximum absolute atomic E-state index is 12.6. The molecule has 0 fully saturated rings. The third-order valence-electron chi connectivity index (χ3n) is 3.77. The van der Waals surface area contributed by atoms with E-state index in [-0.39, 0.29) is 12.0 Å². The molecule has 0 aromatic heterocycles. The Morgan fingerprint density at radius 2 is 2.22 bits per heavy atom. The van der Waals surface area contributed by atoms with Crippen LogP contribution in [0.2, 0.25) is 0 Å². The SMILES string of the molecule is CCOC(=O)C1=C(C)N=C2SC=C(C)N2C1c1cccc(Br)c1. The lowest BCUT2D eigenvalue weighted by atomic mass is 9.94. The second-order valence-corrected chi connectivity index (χ2v) is 7.07. The van der Waals surface area contributed by atoms with E-state index in [1.54, 1.807) is 11.8 Å². The molecular weight excluding hydrogens is 376 g/mol. The summed E-state index contributed by atoms with van der Waals surface area (Å²) in [5.41, 5.74) is 3.43. The normalized spacial score (nSPS) is 20.2. The number of allylic oxidation sites excluding steroid dienone is 2. The smallest absolute Gasteiger partial charge is 0.338 e. The topological polar surface area (TPSA) is 41.9 Å². The van der Waals surface area contributed by atoms with E-state index < -0.39 is 0 Å². The number of rotatable bonds is 3. The van der Waals surface area contributed by atoms with Gasteiger partial charge in [0, 0.05) is 10.2 Å². The van der Waals surface area contributed by atoms with Gasteiger partial charge in [-0.1, -0.05) is 39.8 Å². The van der Waals surface area contributed by atoms with Crippen LogP contribution in [0.1, 0.15) is 32.4 Å². The first kappa shape index (κ1) is 16.3. The van der Waals surface area contributed by atoms with Crippen LogP contribution in [0.5, 0.6) is 0 Å². The van der Waals surface area contributed by atoms with Crippen molar-refractivity contribution in [2.45, 2.75) is 26.8 Å². The largest absolute Gasteiger partial charge is 0.463 e. The van der Waals surface area contributed by atoms with Gasteiger partial charge < -0.3 is 9.64 Å². The molecule has 1 aromatic rings. The first-order chi connectivity index (χ1) is 11.0. The van der Waals surface area contributed by atoms with Crippen molar-refractivity contribution < 1.29 is 9.53 Å². The third kappa shape index (κ3) is 2.97. The number of benzene rings is 1. The summed E-state index contributed by atoms with van der Waals surface area (Å²) in [6, 6.07) is 7.80. The van der Waals surface area contributed by atoms with Crippen molar-refractivity contribution in [1.29, 1.82) is 0 Å². The second-order valence-electron chi connectivity index (χ2n) is 5.32. The standard InChI is InChI=1S/C17H17BrN2O2S/c1-4-22-16(21)14-11(3)19-17-20(10(2)9-23-17)15(14)12-6-5-7-13(18)8-12/h5-9,15H,4H2,1-3H3. The fourth-order valence-corrected chi connectivity index (χ4v) is 4.15. The van der Waals surface area contributed by atoms with Crippen molar-refractivity contribution in [1.82, 2.24) is 4.90 Å². The summed E-state index contributed by atoms with van der Waals surface area (Å²) < 4.78 is 6.27. The first-order valence-electron chi connectivity index (χ1n) is 7.37. The highest BCUT2D eigenvalue weighted by Gasteiger charge is 2.39. The summed E-state index contributed by atoms with van der Waals surface area (Å²) in [6.07, 6.45) is 0. The highest BCUT2D eigenvalue weighted by Crippen LogP contribution is 2.44. The summed E-state index contributed by atoms with van der Waals surface area (Å²) >= 11 is 5.10. The first-order valence-corrected chi connectivity index (χ1v) is 9.05. The summed E-state index contributed by atoms with van der Waals surface area (Å²) in [4.78, 5) is 19.3. The van der Waals surface area contributed by atoms with Gasteiger partial charge in [-0.2, -0.15) is 0 Å². The van der Waals surface area contributed by atoms with Crippen molar-refractivity contribution in [3.63, 3.8) is 0 Å². The molecule has 2 aliphatic rings. The number of aliphatic imine (C=N–C) groups is 1. The molecular formula is C17H17BrN2O2S. The maximum atomic E-state index is 12.6. The van der Waals surface area contributed by atoms with E-state index in [1.165, 1.54) is 0 Å². The minimum Gasteiger partial charge on any atom is -0.463 e. The molecule has 4 nitrogen and oxygen atoms in total. The third-order valence-corrected chi connectivity index (χ3v) is 5.22. The van der Waals surface area contributed by atoms with Crippen LogP contribution in [0, 0.1) is 0 Å². The highest BCUT2D eigenvalue weighted by molar-refractivity contribution is 9.10. The number of nitrogens with zero attached hydrogens (tertiary/aromatic N) is 2. The van der Waals surface area contributed by atoms with Crippen molar-refractivity contribution in [3.8, 4) is 0 Å². The summed E-state index contributed by atoms with van der Waals surface area (Å²) in [7, 11) is 0. The molecule has 0 amide bonds. The molecule has 0 spiro atoms. The van der Waals surface area contributed by atoms with Crippen LogP contribution in [-0.4, -0.2) is 22.6 Å². The van der Waals surface area contributed by atoms with Crippen LogP contribution in [0.3, 0.4) is 0 Å². The number of fused-ring (bicyclic) bond motifs is 1. The van der Waals surface area contributed by atoms with Gasteiger partial charge in [-0.05, 0) is 43.9 Å². The minimum atomic E-state index is -0.303. The zero-order valence-corrected chi connectivity index (χ0v) is 15.6. The lowest BCUT2D eigenvalue weighted by molar-refractivity contribution is -0.139. The molecule has 0 aliphatic carbocycles. The molecule has 1 unspecified atom stereocenters. The van der Waals surface area contributed by atoms with Gasteiger partial charge in [0.25, 0.3) is 0 Å². The molecule has 0 saturated heterocycles. The molecule has 1 atom stereocenters. The summed E-state index contributed by atoms with van der Waals surface area (Å²) in [5.74, 6) is -0.303. The van der Waals surface area contributed by atoms with Gasteiger partial charge >= 0.3 is 5.97 Å². The highest BCUT2D eigenvalue weighted by atomic mass is 79.9. The van der Waals surface area contributed by atoms with Crippen LogP contribution >= 0.6 is 27.7 Å². The van der Waals surface area contributed by atoms with Crippen LogP contribution in [0.4, 0.5) is 0 Å². The summed E-state index contributed by atoms with van der Waals surface area (Å²) in [5, 5.41) is 2.96. The second kappa shape index (κ2) is 6.53. The summed E-state index contributed by atoms with van der Waals surface area (Å²) in [6.45, 7) is 6.07. The Morgan fingerprint density at radius 1 is 1.43 bits per heavy atom. The number of amidine groups is 1. The van der Waals surface area contributed by atoms with E-state index in [4.69, 9.17) is 4.74 Å². The minimum absolute atomic E-state index is 0.217. The molecule has 0 radical (unpaired) electrons. The maximum Gasteiger partial charge on any atom is 0.338 e. The van der Waals surface area contributed by atoms with Crippen LogP contribution in [-0.2, 0) is 9.53 Å². The van der Waals surface area contributed by atoms with E-state index in [2.05, 4.69) is 31.2 Å². The van der Waals surface area contributed by atoms with Gasteiger partial charge in [-0.15, -0.1) is 0 Å². The van der Waals surface area contributed by atoms with Gasteiger partial charge in [-0.25, -0.2) is 9.79 Å². The van der Waals surface area contributed by atoms with E-state index >= 15 is 0 Å². The van der Waals surface area contributed by atoms with Gasteiger partial charge in [-0.3, -0.25) is 0 Å². The fraction of sp³-hybridized carbons (Fsp3) is 0.294. The molecule has 0 bridgehead atoms. The van der Waals surface area contributed by atoms with Gasteiger partial charge in [0.2, 0.25) is 0 Å². The van der Waals surface area contributed by atoms with Crippen LogP contribution in [0.25, 0.3) is 0 Å². The quantitative estimate of drug-likeness (QED) is 0.704. The number of hydrogen-bond acceptors (Lipinski definition) is 5. The van der Waals surface area contributed by atoms with Crippen LogP contribution < -0.4 is 0 Å². The average molecular weight is 393 g/mol. The zero-order chi connectivity index (χ0) is 16.6. The van der Waals surface area contributed by atoms with Crippen molar-refractivity contribution in [3.05, 3.63) is 56.7 Å². The Kier molecular flexibility index (Phi) is 4.64. The molecule has 3 rings (SSSR count). The molecule has 0 N–H and O–H groups in total. The number of carbonyl (C=O) groups is 1. The molecule has 0 saturated carbocycles. The lowest BCUT2D eigenvalue weighted by Gasteiger charge is -2.35. The zero-order valence-electron chi connectivity index (χ0n) is 13.2. The average Bonchev–Trinajstić information content (AvgIpc) is 2.87.